The summed E-state index contributed by atoms with van der Waals surface area (Å²) in [5.41, 5.74) is 0.362. The molecule has 0 N–H and O–H groups in total. The summed E-state index contributed by atoms with van der Waals surface area (Å²) in [5.74, 6) is -0.987. The minimum atomic E-state index is -0.575. The monoisotopic (exact) mass is 269 g/mol. The van der Waals surface area contributed by atoms with Gasteiger partial charge in [0.2, 0.25) is 0 Å². The van der Waals surface area contributed by atoms with Gasteiger partial charge in [-0.3, -0.25) is 9.78 Å². The first-order valence-corrected chi connectivity index (χ1v) is 5.44. The van der Waals surface area contributed by atoms with Gasteiger partial charge in [0.1, 0.15) is 5.82 Å². The van der Waals surface area contributed by atoms with Gasteiger partial charge in [-0.2, -0.15) is 0 Å². The molecule has 0 fully saturated rings. The lowest BCUT2D eigenvalue weighted by Crippen LogP contribution is -2.03. The highest BCUT2D eigenvalue weighted by molar-refractivity contribution is 6.36. The van der Waals surface area contributed by atoms with Crippen LogP contribution in [-0.2, 0) is 0 Å². The van der Waals surface area contributed by atoms with Crippen molar-refractivity contribution in [2.24, 2.45) is 0 Å². The maximum absolute atomic E-state index is 12.9. The third-order valence-electron chi connectivity index (χ3n) is 2.14. The van der Waals surface area contributed by atoms with E-state index in [-0.39, 0.29) is 16.1 Å². The van der Waals surface area contributed by atoms with Crippen LogP contribution in [0.25, 0.3) is 0 Å². The second kappa shape index (κ2) is 4.82. The lowest BCUT2D eigenvalue weighted by atomic mass is 10.1. The Bertz CT molecular complexity index is 586. The van der Waals surface area contributed by atoms with E-state index in [1.54, 1.807) is 6.07 Å². The molecular formula is C12H6Cl2FNO. The number of hydrogen-bond donors (Lipinski definition) is 0. The number of pyridine rings is 1. The van der Waals surface area contributed by atoms with Gasteiger partial charge < -0.3 is 0 Å². The molecule has 0 aliphatic rings. The van der Waals surface area contributed by atoms with Crippen LogP contribution in [-0.4, -0.2) is 10.8 Å². The van der Waals surface area contributed by atoms with Gasteiger partial charge in [0.05, 0.1) is 11.2 Å². The van der Waals surface area contributed by atoms with Crippen molar-refractivity contribution in [3.05, 3.63) is 63.6 Å². The smallest absolute Gasteiger partial charge is 0.196 e. The number of aromatic nitrogens is 1. The lowest BCUT2D eigenvalue weighted by molar-refractivity contribution is 0.103. The van der Waals surface area contributed by atoms with Crippen LogP contribution in [0, 0.1) is 5.82 Å². The van der Waals surface area contributed by atoms with E-state index in [4.69, 9.17) is 23.2 Å². The molecule has 0 aliphatic heterocycles. The maximum atomic E-state index is 12.9. The van der Waals surface area contributed by atoms with Crippen LogP contribution in [0.3, 0.4) is 0 Å². The molecule has 0 radical (unpaired) electrons. The summed E-state index contributed by atoms with van der Waals surface area (Å²) in [6, 6.07) is 5.64. The van der Waals surface area contributed by atoms with Gasteiger partial charge >= 0.3 is 0 Å². The molecule has 2 nitrogen and oxygen atoms in total. The Morgan fingerprint density at radius 2 is 1.94 bits per heavy atom. The number of carbonyl (C=O) groups is 1. The van der Waals surface area contributed by atoms with Crippen LogP contribution in [0.15, 0.2) is 36.7 Å². The van der Waals surface area contributed by atoms with E-state index in [2.05, 4.69) is 4.98 Å². The number of halogens is 3. The molecule has 86 valence electrons. The molecule has 1 aromatic carbocycles. The summed E-state index contributed by atoms with van der Waals surface area (Å²) in [7, 11) is 0. The van der Waals surface area contributed by atoms with Gasteiger partial charge in [-0.15, -0.1) is 0 Å². The summed E-state index contributed by atoms with van der Waals surface area (Å²) in [6.07, 6.45) is 2.30. The van der Waals surface area contributed by atoms with Crippen molar-refractivity contribution in [2.45, 2.75) is 0 Å². The molecular weight excluding hydrogens is 264 g/mol. The Balaban J connectivity index is 2.47. The SMILES string of the molecule is O=C(c1cncc(F)c1)c1cc(Cl)ccc1Cl. The van der Waals surface area contributed by atoms with E-state index >= 15 is 0 Å². The van der Waals surface area contributed by atoms with Crippen molar-refractivity contribution in [3.63, 3.8) is 0 Å². The number of benzene rings is 1. The van der Waals surface area contributed by atoms with Gasteiger partial charge in [-0.1, -0.05) is 23.2 Å². The first-order valence-electron chi connectivity index (χ1n) is 4.68. The second-order valence-corrected chi connectivity index (χ2v) is 4.19. The summed E-state index contributed by atoms with van der Waals surface area (Å²) >= 11 is 11.7. The molecule has 1 aromatic heterocycles. The van der Waals surface area contributed by atoms with Gasteiger partial charge in [0.25, 0.3) is 0 Å². The quantitative estimate of drug-likeness (QED) is 0.778. The first-order chi connectivity index (χ1) is 8.08. The third kappa shape index (κ3) is 2.62. The Labute approximate surface area is 107 Å². The number of ketones is 1. The predicted octanol–water partition coefficient (Wildman–Crippen LogP) is 3.76. The van der Waals surface area contributed by atoms with Crippen LogP contribution < -0.4 is 0 Å². The van der Waals surface area contributed by atoms with E-state index in [1.165, 1.54) is 18.3 Å². The average Bonchev–Trinajstić information content (AvgIpc) is 2.31. The molecule has 0 unspecified atom stereocenters. The number of rotatable bonds is 2. The van der Waals surface area contributed by atoms with Crippen LogP contribution in [0.5, 0.6) is 0 Å². The molecule has 0 amide bonds. The first kappa shape index (κ1) is 12.0. The molecule has 1 heterocycles. The lowest BCUT2D eigenvalue weighted by Gasteiger charge is -2.04. The number of carbonyl (C=O) groups excluding carboxylic acids is 1. The minimum absolute atomic E-state index is 0.133. The van der Waals surface area contributed by atoms with Crippen molar-refractivity contribution in [3.8, 4) is 0 Å². The third-order valence-corrected chi connectivity index (χ3v) is 2.70. The van der Waals surface area contributed by atoms with Crippen LogP contribution in [0.1, 0.15) is 15.9 Å². The Morgan fingerprint density at radius 1 is 1.18 bits per heavy atom. The minimum Gasteiger partial charge on any atom is -0.288 e. The molecule has 0 spiro atoms. The Hall–Kier alpha value is -1.45. The summed E-state index contributed by atoms with van der Waals surface area (Å²) in [4.78, 5) is 15.6. The highest BCUT2D eigenvalue weighted by atomic mass is 35.5. The highest BCUT2D eigenvalue weighted by Gasteiger charge is 2.14. The van der Waals surface area contributed by atoms with E-state index in [0.717, 1.165) is 12.3 Å². The van der Waals surface area contributed by atoms with Crippen LogP contribution >= 0.6 is 23.2 Å². The van der Waals surface area contributed by atoms with Gasteiger partial charge in [-0.05, 0) is 24.3 Å². The fourth-order valence-electron chi connectivity index (χ4n) is 1.36. The molecule has 5 heteroatoms. The normalized spacial score (nSPS) is 10.3. The van der Waals surface area contributed by atoms with E-state index in [0.29, 0.717) is 5.02 Å². The molecule has 0 aliphatic carbocycles. The topological polar surface area (TPSA) is 30.0 Å². The van der Waals surface area contributed by atoms with Crippen molar-refractivity contribution in [1.29, 1.82) is 0 Å². The zero-order valence-corrected chi connectivity index (χ0v) is 9.97. The average molecular weight is 270 g/mol. The zero-order chi connectivity index (χ0) is 12.4. The Kier molecular flexibility index (Phi) is 3.41. The fourth-order valence-corrected chi connectivity index (χ4v) is 1.74. The van der Waals surface area contributed by atoms with E-state index in [1.807, 2.05) is 0 Å². The Morgan fingerprint density at radius 3 is 2.65 bits per heavy atom. The number of nitrogens with zero attached hydrogens (tertiary/aromatic N) is 1. The van der Waals surface area contributed by atoms with Gasteiger partial charge in [0, 0.05) is 22.3 Å². The zero-order valence-electron chi connectivity index (χ0n) is 8.45. The molecule has 2 aromatic rings. The van der Waals surface area contributed by atoms with E-state index < -0.39 is 11.6 Å². The largest absolute Gasteiger partial charge is 0.288 e. The van der Waals surface area contributed by atoms with Crippen molar-refractivity contribution in [1.82, 2.24) is 4.98 Å². The summed E-state index contributed by atoms with van der Waals surface area (Å²) in [5, 5.41) is 0.658. The van der Waals surface area contributed by atoms with Gasteiger partial charge in [0.15, 0.2) is 5.78 Å². The summed E-state index contributed by atoms with van der Waals surface area (Å²) in [6.45, 7) is 0. The van der Waals surface area contributed by atoms with Crippen LogP contribution in [0.4, 0.5) is 4.39 Å². The molecule has 0 saturated carbocycles. The predicted molar refractivity (Wildman–Crippen MR) is 64.1 cm³/mol. The molecule has 0 saturated heterocycles. The standard InChI is InChI=1S/C12H6Cl2FNO/c13-8-1-2-11(14)10(4-8)12(17)7-3-9(15)6-16-5-7/h1-6H. The van der Waals surface area contributed by atoms with Crippen molar-refractivity contribution < 1.29 is 9.18 Å². The molecule has 2 rings (SSSR count). The second-order valence-electron chi connectivity index (χ2n) is 3.35. The highest BCUT2D eigenvalue weighted by Crippen LogP contribution is 2.23. The molecule has 17 heavy (non-hydrogen) atoms. The summed E-state index contributed by atoms with van der Waals surface area (Å²) < 4.78 is 12.9. The molecule has 0 atom stereocenters. The van der Waals surface area contributed by atoms with Crippen LogP contribution in [0.2, 0.25) is 10.0 Å². The van der Waals surface area contributed by atoms with Crippen molar-refractivity contribution in [2.75, 3.05) is 0 Å². The molecule has 0 bridgehead atoms. The van der Waals surface area contributed by atoms with Gasteiger partial charge in [-0.25, -0.2) is 4.39 Å². The van der Waals surface area contributed by atoms with E-state index in [9.17, 15) is 9.18 Å². The maximum Gasteiger partial charge on any atom is 0.196 e. The number of hydrogen-bond acceptors (Lipinski definition) is 2. The van der Waals surface area contributed by atoms with Crippen molar-refractivity contribution >= 4 is 29.0 Å². The fraction of sp³-hybridized carbons (Fsp3) is 0.